The highest BCUT2D eigenvalue weighted by Gasteiger charge is 2.29. The molecule has 0 spiro atoms. The quantitative estimate of drug-likeness (QED) is 0.190. The molecule has 1 aromatic heterocycles. The highest BCUT2D eigenvalue weighted by Crippen LogP contribution is 2.33. The Labute approximate surface area is 251 Å². The van der Waals surface area contributed by atoms with Crippen LogP contribution in [-0.2, 0) is 23.1 Å². The van der Waals surface area contributed by atoms with Crippen LogP contribution < -0.4 is 14.4 Å². The lowest BCUT2D eigenvalue weighted by Gasteiger charge is -2.26. The Hall–Kier alpha value is -5.08. The molecule has 0 aliphatic rings. The number of anilines is 2. The van der Waals surface area contributed by atoms with E-state index in [1.165, 1.54) is 23.5 Å². The molecule has 0 atom stereocenters. The van der Waals surface area contributed by atoms with Crippen LogP contribution in [0.3, 0.4) is 0 Å². The van der Waals surface area contributed by atoms with Crippen LogP contribution in [0.2, 0.25) is 0 Å². The number of sulfonamides is 1. The molecule has 7 nitrogen and oxygen atoms in total. The van der Waals surface area contributed by atoms with E-state index in [2.05, 4.69) is 28.9 Å². The fourth-order valence-electron chi connectivity index (χ4n) is 5.48. The summed E-state index contributed by atoms with van der Waals surface area (Å²) in [5.74, 6) is 0.143. The number of hydrogen-bond acceptors (Lipinski definition) is 4. The Balaban J connectivity index is 1.40. The molecule has 0 saturated carbocycles. The van der Waals surface area contributed by atoms with Gasteiger partial charge in [0.1, 0.15) is 5.75 Å². The molecule has 0 aliphatic heterocycles. The average Bonchev–Trinajstić information content (AvgIpc) is 3.37. The number of carbonyl (C=O) groups excluding carboxylic acids is 1. The van der Waals surface area contributed by atoms with Crippen molar-refractivity contribution in [2.75, 3.05) is 16.7 Å². The minimum absolute atomic E-state index is 0.0436. The smallest absolute Gasteiger partial charge is 0.264 e. The van der Waals surface area contributed by atoms with Crippen molar-refractivity contribution in [3.05, 3.63) is 132 Å². The molecular formula is C35H31N3O4S. The van der Waals surface area contributed by atoms with Gasteiger partial charge in [-0.05, 0) is 73.2 Å². The number of carbonyl (C=O) groups is 1. The van der Waals surface area contributed by atoms with Crippen LogP contribution in [0.1, 0.15) is 22.8 Å². The lowest BCUT2D eigenvalue weighted by molar-refractivity contribution is 0.102. The standard InChI is InChI=1S/C35H31N3O4S/c1-3-37-32-15-9-7-13-29(32)31-23-26(17-22-33(31)37)36-35(39)30-14-8-10-16-34(30)38(24-25-11-5-4-6-12-25)43(40,41)28-20-18-27(42-2)19-21-28/h4-23H,3,24H2,1-2H3,(H,36,39). The summed E-state index contributed by atoms with van der Waals surface area (Å²) < 4.78 is 37.0. The normalized spacial score (nSPS) is 11.5. The fourth-order valence-corrected chi connectivity index (χ4v) is 6.95. The van der Waals surface area contributed by atoms with Crippen LogP contribution in [0.15, 0.2) is 126 Å². The molecule has 0 bridgehead atoms. The molecule has 0 unspecified atom stereocenters. The highest BCUT2D eigenvalue weighted by atomic mass is 32.2. The molecule has 1 amide bonds. The maximum Gasteiger partial charge on any atom is 0.264 e. The van der Waals surface area contributed by atoms with Crippen LogP contribution in [0.4, 0.5) is 11.4 Å². The molecule has 0 radical (unpaired) electrons. The average molecular weight is 590 g/mol. The third-order valence-corrected chi connectivity index (χ3v) is 9.35. The highest BCUT2D eigenvalue weighted by molar-refractivity contribution is 7.92. The van der Waals surface area contributed by atoms with E-state index in [0.29, 0.717) is 11.4 Å². The summed E-state index contributed by atoms with van der Waals surface area (Å²) in [6, 6.07) is 36.4. The van der Waals surface area contributed by atoms with E-state index < -0.39 is 15.9 Å². The summed E-state index contributed by atoms with van der Waals surface area (Å²) in [5.41, 5.74) is 4.15. The first-order valence-corrected chi connectivity index (χ1v) is 15.5. The second-order valence-corrected chi connectivity index (χ2v) is 12.0. The second kappa shape index (κ2) is 11.7. The number of methoxy groups -OCH3 is 1. The molecule has 6 aromatic rings. The Morgan fingerprint density at radius 1 is 0.791 bits per heavy atom. The zero-order chi connectivity index (χ0) is 30.0. The predicted molar refractivity (Wildman–Crippen MR) is 172 cm³/mol. The zero-order valence-corrected chi connectivity index (χ0v) is 24.7. The van der Waals surface area contributed by atoms with Gasteiger partial charge in [-0.3, -0.25) is 9.10 Å². The van der Waals surface area contributed by atoms with E-state index >= 15 is 0 Å². The molecule has 8 heteroatoms. The van der Waals surface area contributed by atoms with E-state index in [9.17, 15) is 13.2 Å². The number of hydrogen-bond donors (Lipinski definition) is 1. The van der Waals surface area contributed by atoms with Gasteiger partial charge in [0.2, 0.25) is 0 Å². The Kier molecular flexibility index (Phi) is 7.61. The Bertz CT molecular complexity index is 2040. The first-order chi connectivity index (χ1) is 20.9. The van der Waals surface area contributed by atoms with Crippen LogP contribution in [-0.4, -0.2) is 26.0 Å². The van der Waals surface area contributed by atoms with Gasteiger partial charge in [-0.1, -0.05) is 60.7 Å². The summed E-state index contributed by atoms with van der Waals surface area (Å²) in [6.07, 6.45) is 0. The van der Waals surface area contributed by atoms with Gasteiger partial charge in [0.15, 0.2) is 0 Å². The van der Waals surface area contributed by atoms with Crippen LogP contribution >= 0.6 is 0 Å². The summed E-state index contributed by atoms with van der Waals surface area (Å²) in [5, 5.41) is 5.17. The number of amides is 1. The van der Waals surface area contributed by atoms with Crippen molar-refractivity contribution >= 4 is 49.1 Å². The molecule has 0 aliphatic carbocycles. The summed E-state index contributed by atoms with van der Waals surface area (Å²) >= 11 is 0. The van der Waals surface area contributed by atoms with E-state index in [4.69, 9.17) is 4.74 Å². The number of aromatic nitrogens is 1. The lowest BCUT2D eigenvalue weighted by Crippen LogP contribution is -2.32. The number of para-hydroxylation sites is 2. The van der Waals surface area contributed by atoms with Gasteiger partial charge >= 0.3 is 0 Å². The molecule has 5 aromatic carbocycles. The topological polar surface area (TPSA) is 80.6 Å². The number of aryl methyl sites for hydroxylation is 1. The number of ether oxygens (including phenoxy) is 1. The fraction of sp³-hybridized carbons (Fsp3) is 0.114. The van der Waals surface area contributed by atoms with Crippen LogP contribution in [0, 0.1) is 0 Å². The van der Waals surface area contributed by atoms with Crippen molar-refractivity contribution in [2.45, 2.75) is 24.9 Å². The largest absolute Gasteiger partial charge is 0.497 e. The number of rotatable bonds is 9. The van der Waals surface area contributed by atoms with Gasteiger partial charge in [0.05, 0.1) is 29.8 Å². The van der Waals surface area contributed by atoms with Crippen molar-refractivity contribution in [1.82, 2.24) is 4.57 Å². The van der Waals surface area contributed by atoms with Crippen molar-refractivity contribution in [2.24, 2.45) is 0 Å². The first-order valence-electron chi connectivity index (χ1n) is 14.0. The Morgan fingerprint density at radius 3 is 2.21 bits per heavy atom. The number of fused-ring (bicyclic) bond motifs is 3. The first kappa shape index (κ1) is 28.1. The van der Waals surface area contributed by atoms with Crippen molar-refractivity contribution in [1.29, 1.82) is 0 Å². The van der Waals surface area contributed by atoms with Gasteiger partial charge in [0.25, 0.3) is 15.9 Å². The van der Waals surface area contributed by atoms with Gasteiger partial charge in [0, 0.05) is 34.0 Å². The lowest BCUT2D eigenvalue weighted by atomic mass is 10.1. The SMILES string of the molecule is CCn1c2ccccc2c2cc(NC(=O)c3ccccc3N(Cc3ccccc3)S(=O)(=O)c3ccc(OC)cc3)ccc21. The zero-order valence-electron chi connectivity index (χ0n) is 23.9. The third-order valence-electron chi connectivity index (χ3n) is 7.58. The minimum Gasteiger partial charge on any atom is -0.497 e. The Morgan fingerprint density at radius 2 is 1.47 bits per heavy atom. The molecule has 216 valence electrons. The van der Waals surface area contributed by atoms with Gasteiger partial charge in [-0.25, -0.2) is 8.42 Å². The summed E-state index contributed by atoms with van der Waals surface area (Å²) in [4.78, 5) is 13.9. The molecule has 1 heterocycles. The number of nitrogens with zero attached hydrogens (tertiary/aromatic N) is 2. The summed E-state index contributed by atoms with van der Waals surface area (Å²) in [6.45, 7) is 2.98. The van der Waals surface area contributed by atoms with E-state index in [0.717, 1.165) is 33.9 Å². The van der Waals surface area contributed by atoms with Crippen molar-refractivity contribution < 1.29 is 17.9 Å². The van der Waals surface area contributed by atoms with E-state index in [1.807, 2.05) is 60.7 Å². The summed E-state index contributed by atoms with van der Waals surface area (Å²) in [7, 11) is -2.54. The predicted octanol–water partition coefficient (Wildman–Crippen LogP) is 7.47. The second-order valence-electron chi connectivity index (χ2n) is 10.1. The van der Waals surface area contributed by atoms with E-state index in [-0.39, 0.29) is 22.7 Å². The number of nitrogens with one attached hydrogen (secondary N) is 1. The van der Waals surface area contributed by atoms with Crippen LogP contribution in [0.25, 0.3) is 21.8 Å². The van der Waals surface area contributed by atoms with Crippen LogP contribution in [0.5, 0.6) is 5.75 Å². The maximum absolute atomic E-state index is 14.1. The van der Waals surface area contributed by atoms with Gasteiger partial charge in [-0.2, -0.15) is 0 Å². The third kappa shape index (κ3) is 5.33. The molecule has 0 fully saturated rings. The molecule has 0 saturated heterocycles. The van der Waals surface area contributed by atoms with E-state index in [1.54, 1.807) is 36.4 Å². The van der Waals surface area contributed by atoms with Crippen molar-refractivity contribution in [3.8, 4) is 5.75 Å². The molecular weight excluding hydrogens is 558 g/mol. The molecule has 1 N–H and O–H groups in total. The van der Waals surface area contributed by atoms with Crippen molar-refractivity contribution in [3.63, 3.8) is 0 Å². The molecule has 43 heavy (non-hydrogen) atoms. The maximum atomic E-state index is 14.1. The van der Waals surface area contributed by atoms with Gasteiger partial charge in [-0.15, -0.1) is 0 Å². The number of benzene rings is 5. The molecule has 6 rings (SSSR count). The van der Waals surface area contributed by atoms with Gasteiger partial charge < -0.3 is 14.6 Å². The monoisotopic (exact) mass is 589 g/mol. The minimum atomic E-state index is -4.06.